The van der Waals surface area contributed by atoms with Gasteiger partial charge in [-0.25, -0.2) is 8.42 Å². The van der Waals surface area contributed by atoms with Gasteiger partial charge in [-0.2, -0.15) is 0 Å². The second kappa shape index (κ2) is 5.51. The van der Waals surface area contributed by atoms with Crippen LogP contribution in [0.25, 0.3) is 0 Å². The molecule has 0 bridgehead atoms. The Hall–Kier alpha value is 0.200. The van der Waals surface area contributed by atoms with Gasteiger partial charge in [0, 0.05) is 19.0 Å². The maximum atomic E-state index is 11.6. The highest BCUT2D eigenvalue weighted by Crippen LogP contribution is 2.17. The molecule has 0 aliphatic carbocycles. The zero-order chi connectivity index (χ0) is 11.5. The fraction of sp³-hybridized carbons (Fsp3) is 1.00. The van der Waals surface area contributed by atoms with Crippen LogP contribution in [-0.2, 0) is 9.84 Å². The van der Waals surface area contributed by atoms with Gasteiger partial charge in [0.2, 0.25) is 0 Å². The molecule has 1 aliphatic heterocycles. The van der Waals surface area contributed by atoms with E-state index in [1.165, 1.54) is 0 Å². The van der Waals surface area contributed by atoms with Crippen LogP contribution in [0.2, 0.25) is 0 Å². The summed E-state index contributed by atoms with van der Waals surface area (Å²) >= 11 is 5.77. The monoisotopic (exact) mass is 253 g/mol. The molecule has 3 nitrogen and oxygen atoms in total. The molecule has 0 aromatic heterocycles. The summed E-state index contributed by atoms with van der Waals surface area (Å²) in [6, 6.07) is 0. The van der Waals surface area contributed by atoms with Gasteiger partial charge >= 0.3 is 0 Å². The number of likely N-dealkylation sites (tertiary alicyclic amines) is 1. The van der Waals surface area contributed by atoms with E-state index in [0.717, 1.165) is 19.5 Å². The largest absolute Gasteiger partial charge is 0.302 e. The van der Waals surface area contributed by atoms with Crippen molar-refractivity contribution in [2.45, 2.75) is 25.5 Å². The fourth-order valence-electron chi connectivity index (χ4n) is 1.73. The molecule has 0 spiro atoms. The minimum Gasteiger partial charge on any atom is -0.302 e. The molecule has 0 aromatic carbocycles. The van der Waals surface area contributed by atoms with Crippen molar-refractivity contribution in [1.29, 1.82) is 0 Å². The first kappa shape index (κ1) is 13.3. The normalized spacial score (nSPS) is 23.9. The predicted octanol–water partition coefficient (Wildman–Crippen LogP) is 1.37. The van der Waals surface area contributed by atoms with E-state index < -0.39 is 9.84 Å². The number of nitrogens with zero attached hydrogens (tertiary/aromatic N) is 1. The van der Waals surface area contributed by atoms with E-state index in [1.807, 2.05) is 0 Å². The van der Waals surface area contributed by atoms with E-state index >= 15 is 0 Å². The van der Waals surface area contributed by atoms with Crippen molar-refractivity contribution in [3.63, 3.8) is 0 Å². The molecule has 1 rings (SSSR count). The van der Waals surface area contributed by atoms with E-state index in [9.17, 15) is 8.42 Å². The molecule has 0 amide bonds. The third kappa shape index (κ3) is 3.93. The van der Waals surface area contributed by atoms with E-state index in [2.05, 4.69) is 4.90 Å². The van der Waals surface area contributed by atoms with E-state index in [4.69, 9.17) is 11.6 Å². The lowest BCUT2D eigenvalue weighted by Crippen LogP contribution is -2.30. The molecule has 1 heterocycles. The molecule has 15 heavy (non-hydrogen) atoms. The van der Waals surface area contributed by atoms with Crippen LogP contribution in [0.15, 0.2) is 0 Å². The Morgan fingerprint density at radius 3 is 2.60 bits per heavy atom. The summed E-state index contributed by atoms with van der Waals surface area (Å²) < 4.78 is 23.2. The SMILES string of the molecule is CC(C)S(=O)(=O)CCN1CCC(CCl)C1. The summed E-state index contributed by atoms with van der Waals surface area (Å²) in [7, 11) is -2.88. The molecule has 1 aliphatic rings. The Morgan fingerprint density at radius 2 is 2.13 bits per heavy atom. The Bertz CT molecular complexity index is 290. The first-order chi connectivity index (χ1) is 6.95. The maximum absolute atomic E-state index is 11.6. The second-order valence-electron chi connectivity index (χ2n) is 4.53. The number of halogens is 1. The summed E-state index contributed by atoms with van der Waals surface area (Å²) in [4.78, 5) is 2.20. The van der Waals surface area contributed by atoms with E-state index in [1.54, 1.807) is 13.8 Å². The fourth-order valence-corrected chi connectivity index (χ4v) is 2.97. The first-order valence-electron chi connectivity index (χ1n) is 5.45. The van der Waals surface area contributed by atoms with Crippen LogP contribution in [-0.4, -0.2) is 49.8 Å². The highest BCUT2D eigenvalue weighted by molar-refractivity contribution is 7.92. The molecular formula is C10H20ClNO2S. The van der Waals surface area contributed by atoms with Gasteiger partial charge in [-0.05, 0) is 32.7 Å². The van der Waals surface area contributed by atoms with Crippen LogP contribution >= 0.6 is 11.6 Å². The Kier molecular flexibility index (Phi) is 4.87. The Balaban J connectivity index is 2.33. The molecular weight excluding hydrogens is 234 g/mol. The van der Waals surface area contributed by atoms with E-state index in [-0.39, 0.29) is 11.0 Å². The minimum absolute atomic E-state index is 0.260. The van der Waals surface area contributed by atoms with Crippen molar-refractivity contribution in [1.82, 2.24) is 4.90 Å². The van der Waals surface area contributed by atoms with Gasteiger partial charge in [-0.15, -0.1) is 11.6 Å². The molecule has 0 saturated carbocycles. The van der Waals surface area contributed by atoms with Crippen molar-refractivity contribution in [3.8, 4) is 0 Å². The lowest BCUT2D eigenvalue weighted by molar-refractivity contribution is 0.347. The third-order valence-electron chi connectivity index (χ3n) is 3.00. The molecule has 1 atom stereocenters. The lowest BCUT2D eigenvalue weighted by atomic mass is 10.2. The molecule has 0 N–H and O–H groups in total. The molecule has 5 heteroatoms. The highest BCUT2D eigenvalue weighted by atomic mass is 35.5. The van der Waals surface area contributed by atoms with Crippen molar-refractivity contribution in [2.24, 2.45) is 5.92 Å². The quantitative estimate of drug-likeness (QED) is 0.695. The molecule has 1 fully saturated rings. The summed E-state index contributed by atoms with van der Waals surface area (Å²) in [6.07, 6.45) is 1.10. The highest BCUT2D eigenvalue weighted by Gasteiger charge is 2.24. The minimum atomic E-state index is -2.88. The van der Waals surface area contributed by atoms with Gasteiger partial charge < -0.3 is 4.90 Å². The van der Waals surface area contributed by atoms with Gasteiger partial charge in [-0.1, -0.05) is 0 Å². The van der Waals surface area contributed by atoms with Crippen molar-refractivity contribution in [3.05, 3.63) is 0 Å². The summed E-state index contributed by atoms with van der Waals surface area (Å²) in [5, 5.41) is -0.260. The number of alkyl halides is 1. The van der Waals surface area contributed by atoms with Crippen LogP contribution in [0.4, 0.5) is 0 Å². The Morgan fingerprint density at radius 1 is 1.47 bits per heavy atom. The topological polar surface area (TPSA) is 37.4 Å². The summed E-state index contributed by atoms with van der Waals surface area (Å²) in [5.74, 6) is 1.51. The molecule has 0 radical (unpaired) electrons. The number of hydrogen-bond acceptors (Lipinski definition) is 3. The van der Waals surface area contributed by atoms with Gasteiger partial charge in [0.15, 0.2) is 9.84 Å². The van der Waals surface area contributed by atoms with Gasteiger partial charge in [0.1, 0.15) is 0 Å². The smallest absolute Gasteiger partial charge is 0.153 e. The predicted molar refractivity (Wildman–Crippen MR) is 64.2 cm³/mol. The summed E-state index contributed by atoms with van der Waals surface area (Å²) in [6.45, 7) is 6.08. The average Bonchev–Trinajstić information content (AvgIpc) is 2.62. The lowest BCUT2D eigenvalue weighted by Gasteiger charge is -2.16. The molecule has 90 valence electrons. The molecule has 1 unspecified atom stereocenters. The van der Waals surface area contributed by atoms with E-state index in [0.29, 0.717) is 18.3 Å². The van der Waals surface area contributed by atoms with Crippen LogP contribution in [0, 0.1) is 5.92 Å². The van der Waals surface area contributed by atoms with Crippen LogP contribution < -0.4 is 0 Å². The van der Waals surface area contributed by atoms with Crippen LogP contribution in [0.1, 0.15) is 20.3 Å². The average molecular weight is 254 g/mol. The second-order valence-corrected chi connectivity index (χ2v) is 7.51. The molecule has 1 saturated heterocycles. The van der Waals surface area contributed by atoms with Crippen molar-refractivity contribution < 1.29 is 8.42 Å². The van der Waals surface area contributed by atoms with Gasteiger partial charge in [0.25, 0.3) is 0 Å². The number of hydrogen-bond donors (Lipinski definition) is 0. The Labute approximate surface area is 97.7 Å². The standard InChI is InChI=1S/C10H20ClNO2S/c1-9(2)15(13,14)6-5-12-4-3-10(7-11)8-12/h9-10H,3-8H2,1-2H3. The third-order valence-corrected chi connectivity index (χ3v) is 5.62. The zero-order valence-electron chi connectivity index (χ0n) is 9.45. The molecule has 0 aromatic rings. The maximum Gasteiger partial charge on any atom is 0.153 e. The van der Waals surface area contributed by atoms with Gasteiger partial charge in [-0.3, -0.25) is 0 Å². The van der Waals surface area contributed by atoms with Crippen LogP contribution in [0.3, 0.4) is 0 Å². The van der Waals surface area contributed by atoms with Crippen molar-refractivity contribution in [2.75, 3.05) is 31.3 Å². The number of sulfone groups is 1. The summed E-state index contributed by atoms with van der Waals surface area (Å²) in [5.41, 5.74) is 0. The van der Waals surface area contributed by atoms with Gasteiger partial charge in [0.05, 0.1) is 11.0 Å². The zero-order valence-corrected chi connectivity index (χ0v) is 11.0. The van der Waals surface area contributed by atoms with Crippen molar-refractivity contribution >= 4 is 21.4 Å². The first-order valence-corrected chi connectivity index (χ1v) is 7.70. The van der Waals surface area contributed by atoms with Crippen LogP contribution in [0.5, 0.6) is 0 Å². The number of rotatable bonds is 5.